The van der Waals surface area contributed by atoms with Gasteiger partial charge in [-0.1, -0.05) is 19.1 Å². The minimum atomic E-state index is -5.08. The predicted octanol–water partition coefficient (Wildman–Crippen LogP) is 5.30. The van der Waals surface area contributed by atoms with Gasteiger partial charge in [0.05, 0.1) is 23.4 Å². The number of benzene rings is 2. The number of carbonyl (C=O) groups is 1. The van der Waals surface area contributed by atoms with Crippen LogP contribution in [0.25, 0.3) is 22.2 Å². The van der Waals surface area contributed by atoms with E-state index in [4.69, 9.17) is 30.8 Å². The first kappa shape index (κ1) is 28.1. The number of aromatic nitrogens is 4. The van der Waals surface area contributed by atoms with Gasteiger partial charge in [-0.2, -0.15) is 18.3 Å². The average molecular weight is 557 g/mol. The quantitative estimate of drug-likeness (QED) is 0.195. The first-order valence-electron chi connectivity index (χ1n) is 11.9. The van der Waals surface area contributed by atoms with Gasteiger partial charge in [0.25, 0.3) is 0 Å². The molecule has 0 saturated carbocycles. The van der Waals surface area contributed by atoms with E-state index in [1.807, 2.05) is 31.2 Å². The number of hydrogen-bond donors (Lipinski definition) is 3. The molecule has 3 aromatic heterocycles. The summed E-state index contributed by atoms with van der Waals surface area (Å²) in [5, 5.41) is 13.3. The molecular weight excluding hydrogens is 532 g/mol. The lowest BCUT2D eigenvalue weighted by Gasteiger charge is -2.19. The minimum Gasteiger partial charge on any atom is -0.475 e. The second kappa shape index (κ2) is 11.0. The highest BCUT2D eigenvalue weighted by molar-refractivity contribution is 5.93. The van der Waals surface area contributed by atoms with Crippen molar-refractivity contribution in [2.75, 3.05) is 11.5 Å². The molecule has 9 nitrogen and oxygen atoms in total. The van der Waals surface area contributed by atoms with E-state index in [2.05, 4.69) is 10.1 Å². The molecule has 2 aromatic carbocycles. The van der Waals surface area contributed by atoms with Crippen LogP contribution in [-0.2, 0) is 18.3 Å². The maximum atomic E-state index is 15.3. The maximum Gasteiger partial charge on any atom is 0.490 e. The number of rotatable bonds is 5. The molecule has 5 N–H and O–H groups in total. The molecule has 0 aliphatic carbocycles. The van der Waals surface area contributed by atoms with Crippen molar-refractivity contribution in [2.45, 2.75) is 25.4 Å². The predicted molar refractivity (Wildman–Crippen MR) is 140 cm³/mol. The van der Waals surface area contributed by atoms with Gasteiger partial charge in [0.1, 0.15) is 23.7 Å². The summed E-state index contributed by atoms with van der Waals surface area (Å²) in [5.74, 6) is -2.38. The zero-order valence-electron chi connectivity index (χ0n) is 21.3. The molecule has 0 amide bonds. The summed E-state index contributed by atoms with van der Waals surface area (Å²) in [7, 11) is 1.78. The van der Waals surface area contributed by atoms with Gasteiger partial charge in [0, 0.05) is 23.7 Å². The Hall–Kier alpha value is -4.94. The molecular formula is C27H24F4N6O3. The van der Waals surface area contributed by atoms with E-state index >= 15 is 4.39 Å². The maximum absolute atomic E-state index is 15.3. The van der Waals surface area contributed by atoms with Gasteiger partial charge in [-0.15, -0.1) is 0 Å². The number of nitrogen functional groups attached to an aromatic ring is 2. The summed E-state index contributed by atoms with van der Waals surface area (Å²) >= 11 is 0. The molecule has 0 aliphatic rings. The summed E-state index contributed by atoms with van der Waals surface area (Å²) in [6.45, 7) is 2.03. The minimum absolute atomic E-state index is 0.344. The molecule has 208 valence electrons. The highest BCUT2D eigenvalue weighted by Gasteiger charge is 2.38. The van der Waals surface area contributed by atoms with Crippen LogP contribution >= 0.6 is 0 Å². The Morgan fingerprint density at radius 1 is 1.10 bits per heavy atom. The molecule has 1 unspecified atom stereocenters. The van der Waals surface area contributed by atoms with Crippen LogP contribution < -0.4 is 11.5 Å². The third-order valence-corrected chi connectivity index (χ3v) is 6.06. The van der Waals surface area contributed by atoms with E-state index in [9.17, 15) is 13.2 Å². The van der Waals surface area contributed by atoms with Gasteiger partial charge in [0.15, 0.2) is 5.82 Å². The molecule has 5 aromatic rings. The van der Waals surface area contributed by atoms with Gasteiger partial charge < -0.3 is 21.0 Å². The van der Waals surface area contributed by atoms with E-state index in [1.165, 1.54) is 6.07 Å². The number of carboxylic acids is 1. The van der Waals surface area contributed by atoms with Crippen LogP contribution in [-0.4, -0.2) is 37.0 Å². The summed E-state index contributed by atoms with van der Waals surface area (Å²) < 4.78 is 53.8. The highest BCUT2D eigenvalue weighted by atomic mass is 19.4. The first-order valence-corrected chi connectivity index (χ1v) is 11.9. The molecule has 0 radical (unpaired) electrons. The van der Waals surface area contributed by atoms with Crippen molar-refractivity contribution in [3.8, 4) is 11.4 Å². The molecule has 0 saturated heterocycles. The smallest absolute Gasteiger partial charge is 0.475 e. The van der Waals surface area contributed by atoms with E-state index < -0.39 is 18.1 Å². The molecule has 0 fully saturated rings. The average Bonchev–Trinajstić information content (AvgIpc) is 3.55. The zero-order valence-corrected chi connectivity index (χ0v) is 21.3. The SMILES string of the molecule is CCc1ccc(F)c(C(c2cc3cc(N)ccc3c(N)n2)c2nc(-c3ccoc3)nn2C)c1.O=C(O)C(F)(F)F. The Morgan fingerprint density at radius 3 is 2.45 bits per heavy atom. The van der Waals surface area contributed by atoms with Crippen LogP contribution in [0.4, 0.5) is 29.1 Å². The van der Waals surface area contributed by atoms with Crippen molar-refractivity contribution >= 4 is 28.2 Å². The number of halogens is 4. The normalized spacial score (nSPS) is 12.2. The summed E-state index contributed by atoms with van der Waals surface area (Å²) in [6, 6.07) is 14.2. The molecule has 1 atom stereocenters. The van der Waals surface area contributed by atoms with Gasteiger partial charge in [0.2, 0.25) is 0 Å². The Bertz CT molecular complexity index is 1670. The number of carboxylic acid groups (broad SMARTS) is 1. The number of alkyl halides is 3. The van der Waals surface area contributed by atoms with Crippen LogP contribution in [0.5, 0.6) is 0 Å². The van der Waals surface area contributed by atoms with Crippen LogP contribution in [0.2, 0.25) is 0 Å². The molecule has 40 heavy (non-hydrogen) atoms. The summed E-state index contributed by atoms with van der Waals surface area (Å²) in [6.07, 6.45) is -1.19. The lowest BCUT2D eigenvalue weighted by molar-refractivity contribution is -0.192. The van der Waals surface area contributed by atoms with Crippen molar-refractivity contribution in [1.82, 2.24) is 19.7 Å². The van der Waals surface area contributed by atoms with Crippen LogP contribution in [0.1, 0.15) is 35.5 Å². The largest absolute Gasteiger partial charge is 0.490 e. The molecule has 0 bridgehead atoms. The third kappa shape index (κ3) is 5.87. The van der Waals surface area contributed by atoms with E-state index in [1.54, 1.807) is 42.5 Å². The van der Waals surface area contributed by atoms with Crippen LogP contribution in [0.15, 0.2) is 65.5 Å². The molecule has 5 rings (SSSR count). The fourth-order valence-electron chi connectivity index (χ4n) is 4.10. The number of nitrogens with zero attached hydrogens (tertiary/aromatic N) is 4. The number of anilines is 2. The Labute approximate surface area is 225 Å². The Balaban J connectivity index is 0.000000470. The van der Waals surface area contributed by atoms with Gasteiger partial charge >= 0.3 is 12.1 Å². The van der Waals surface area contributed by atoms with E-state index in [0.29, 0.717) is 34.4 Å². The number of aliphatic carboxylic acids is 1. The second-order valence-corrected chi connectivity index (χ2v) is 8.79. The number of pyridine rings is 1. The molecule has 3 heterocycles. The van der Waals surface area contributed by atoms with Crippen molar-refractivity contribution in [2.24, 2.45) is 7.05 Å². The Morgan fingerprint density at radius 2 is 1.82 bits per heavy atom. The van der Waals surface area contributed by atoms with Crippen molar-refractivity contribution in [3.05, 3.63) is 89.5 Å². The number of nitrogens with two attached hydrogens (primary N) is 2. The zero-order chi connectivity index (χ0) is 29.2. The summed E-state index contributed by atoms with van der Waals surface area (Å²) in [5.41, 5.74) is 15.7. The van der Waals surface area contributed by atoms with Gasteiger partial charge in [-0.25, -0.2) is 19.2 Å². The van der Waals surface area contributed by atoms with Crippen LogP contribution in [0, 0.1) is 5.82 Å². The standard InChI is InChI=1S/C25H23FN6O.C2HF3O2/c1-3-14-4-7-20(26)19(10-14)22(25-30-24(31-32(25)2)15-8-9-33-13-15)21-12-16-11-17(27)5-6-18(16)23(28)29-21;3-2(4,5)1(6)7/h4-13,22H,3,27H2,1-2H3,(H2,28,29);(H,6,7). The lowest BCUT2D eigenvalue weighted by atomic mass is 9.91. The van der Waals surface area contributed by atoms with Crippen molar-refractivity contribution in [3.63, 3.8) is 0 Å². The number of hydrogen-bond acceptors (Lipinski definition) is 7. The fourth-order valence-corrected chi connectivity index (χ4v) is 4.10. The highest BCUT2D eigenvalue weighted by Crippen LogP contribution is 2.36. The second-order valence-electron chi connectivity index (χ2n) is 8.79. The van der Waals surface area contributed by atoms with Crippen molar-refractivity contribution in [1.29, 1.82) is 0 Å². The monoisotopic (exact) mass is 556 g/mol. The number of fused-ring (bicyclic) bond motifs is 1. The fraction of sp³-hybridized carbons (Fsp3) is 0.185. The molecule has 0 aliphatic heterocycles. The molecule has 0 spiro atoms. The van der Waals surface area contributed by atoms with E-state index in [-0.39, 0.29) is 5.82 Å². The van der Waals surface area contributed by atoms with Gasteiger partial charge in [-0.05, 0) is 53.8 Å². The third-order valence-electron chi connectivity index (χ3n) is 6.06. The Kier molecular flexibility index (Phi) is 7.75. The first-order chi connectivity index (χ1) is 18.9. The van der Waals surface area contributed by atoms with Crippen LogP contribution in [0.3, 0.4) is 0 Å². The number of furan rings is 1. The lowest BCUT2D eigenvalue weighted by Crippen LogP contribution is -2.21. The summed E-state index contributed by atoms with van der Waals surface area (Å²) in [4.78, 5) is 18.3. The molecule has 13 heteroatoms. The van der Waals surface area contributed by atoms with Crippen molar-refractivity contribution < 1.29 is 31.9 Å². The number of aryl methyl sites for hydroxylation is 2. The topological polar surface area (TPSA) is 146 Å². The van der Waals surface area contributed by atoms with E-state index in [0.717, 1.165) is 28.3 Å². The van der Waals surface area contributed by atoms with Gasteiger partial charge in [-0.3, -0.25) is 4.68 Å².